The van der Waals surface area contributed by atoms with E-state index in [1.807, 2.05) is 36.5 Å². The van der Waals surface area contributed by atoms with Gasteiger partial charge in [-0.05, 0) is 18.4 Å². The summed E-state index contributed by atoms with van der Waals surface area (Å²) in [5.41, 5.74) is 1.87. The molecule has 1 amide bonds. The predicted molar refractivity (Wildman–Crippen MR) is 97.6 cm³/mol. The van der Waals surface area contributed by atoms with Crippen LogP contribution in [-0.2, 0) is 24.2 Å². The number of hydrogen-bond acceptors (Lipinski definition) is 5. The van der Waals surface area contributed by atoms with E-state index in [1.165, 1.54) is 0 Å². The Balaban J connectivity index is 1.42. The summed E-state index contributed by atoms with van der Waals surface area (Å²) in [6.07, 6.45) is 6.97. The fourth-order valence-corrected chi connectivity index (χ4v) is 2.63. The van der Waals surface area contributed by atoms with Crippen molar-refractivity contribution >= 4 is 11.6 Å². The molecule has 0 radical (unpaired) electrons. The second-order valence-electron chi connectivity index (χ2n) is 6.17. The molecule has 1 aromatic carbocycles. The minimum atomic E-state index is -0.0439. The van der Waals surface area contributed by atoms with Gasteiger partial charge < -0.3 is 9.84 Å². The van der Waals surface area contributed by atoms with E-state index < -0.39 is 0 Å². The van der Waals surface area contributed by atoms with E-state index >= 15 is 0 Å². The summed E-state index contributed by atoms with van der Waals surface area (Å²) < 4.78 is 6.98. The molecule has 7 nitrogen and oxygen atoms in total. The predicted octanol–water partition coefficient (Wildman–Crippen LogP) is 3.23. The maximum atomic E-state index is 12.1. The molecule has 2 aromatic heterocycles. The van der Waals surface area contributed by atoms with Crippen LogP contribution in [0, 0.1) is 0 Å². The number of nitrogens with zero attached hydrogens (tertiary/aromatic N) is 4. The van der Waals surface area contributed by atoms with E-state index in [2.05, 4.69) is 27.5 Å². The van der Waals surface area contributed by atoms with Gasteiger partial charge in [-0.25, -0.2) is 0 Å². The van der Waals surface area contributed by atoms with Crippen molar-refractivity contribution in [3.05, 3.63) is 60.0 Å². The number of amides is 1. The van der Waals surface area contributed by atoms with Gasteiger partial charge in [-0.2, -0.15) is 10.1 Å². The third-order valence-electron chi connectivity index (χ3n) is 3.88. The first-order valence-corrected chi connectivity index (χ1v) is 8.90. The lowest BCUT2D eigenvalue weighted by Crippen LogP contribution is -2.11. The van der Waals surface area contributed by atoms with Crippen LogP contribution in [0.4, 0.5) is 5.69 Å². The Hall–Kier alpha value is -2.96. The van der Waals surface area contributed by atoms with Crippen molar-refractivity contribution in [2.75, 3.05) is 5.32 Å². The van der Waals surface area contributed by atoms with E-state index in [0.29, 0.717) is 37.4 Å². The van der Waals surface area contributed by atoms with Crippen LogP contribution in [0.15, 0.2) is 47.2 Å². The number of aromatic nitrogens is 4. The lowest BCUT2D eigenvalue weighted by atomic mass is 10.2. The Bertz CT molecular complexity index is 825. The van der Waals surface area contributed by atoms with Crippen LogP contribution in [0.25, 0.3) is 0 Å². The van der Waals surface area contributed by atoms with Gasteiger partial charge in [0.2, 0.25) is 11.8 Å². The summed E-state index contributed by atoms with van der Waals surface area (Å²) in [4.78, 5) is 16.4. The molecule has 0 unspecified atom stereocenters. The molecule has 0 fully saturated rings. The van der Waals surface area contributed by atoms with Gasteiger partial charge in [0.25, 0.3) is 0 Å². The monoisotopic (exact) mass is 353 g/mol. The minimum absolute atomic E-state index is 0.0439. The number of benzene rings is 1. The quantitative estimate of drug-likeness (QED) is 0.638. The number of aryl methyl sites for hydroxylation is 2. The van der Waals surface area contributed by atoms with E-state index in [0.717, 1.165) is 24.2 Å². The molecule has 7 heteroatoms. The van der Waals surface area contributed by atoms with Gasteiger partial charge in [-0.15, -0.1) is 0 Å². The summed E-state index contributed by atoms with van der Waals surface area (Å²) in [6.45, 7) is 2.75. The molecule has 0 spiro atoms. The van der Waals surface area contributed by atoms with Crippen molar-refractivity contribution in [3.63, 3.8) is 0 Å². The minimum Gasteiger partial charge on any atom is -0.339 e. The molecule has 3 aromatic rings. The Labute approximate surface area is 152 Å². The summed E-state index contributed by atoms with van der Waals surface area (Å²) in [5.74, 6) is 1.28. The summed E-state index contributed by atoms with van der Waals surface area (Å²) in [5, 5.41) is 11.1. The smallest absolute Gasteiger partial charge is 0.226 e. The number of carbonyl (C=O) groups excluding carboxylic acids is 1. The summed E-state index contributed by atoms with van der Waals surface area (Å²) in [7, 11) is 0. The molecular formula is C19H23N5O2. The van der Waals surface area contributed by atoms with Gasteiger partial charge in [0.05, 0.1) is 18.4 Å². The molecule has 0 aliphatic carbocycles. The zero-order chi connectivity index (χ0) is 18.2. The first-order valence-electron chi connectivity index (χ1n) is 8.90. The van der Waals surface area contributed by atoms with E-state index in [-0.39, 0.29) is 5.91 Å². The van der Waals surface area contributed by atoms with Gasteiger partial charge >= 0.3 is 0 Å². The maximum absolute atomic E-state index is 12.1. The molecule has 136 valence electrons. The summed E-state index contributed by atoms with van der Waals surface area (Å²) >= 11 is 0. The molecule has 26 heavy (non-hydrogen) atoms. The van der Waals surface area contributed by atoms with Crippen molar-refractivity contribution in [2.45, 2.75) is 45.6 Å². The Kier molecular flexibility index (Phi) is 6.14. The van der Waals surface area contributed by atoms with Crippen molar-refractivity contribution < 1.29 is 9.32 Å². The second kappa shape index (κ2) is 8.94. The van der Waals surface area contributed by atoms with Crippen LogP contribution in [0.2, 0.25) is 0 Å². The van der Waals surface area contributed by atoms with E-state index in [1.54, 1.807) is 10.9 Å². The molecule has 0 bridgehead atoms. The number of nitrogens with one attached hydrogen (secondary N) is 1. The fourth-order valence-electron chi connectivity index (χ4n) is 2.63. The van der Waals surface area contributed by atoms with Gasteiger partial charge in [-0.3, -0.25) is 9.48 Å². The first kappa shape index (κ1) is 17.8. The molecule has 1 N–H and O–H groups in total. The molecular weight excluding hydrogens is 330 g/mol. The normalized spacial score (nSPS) is 10.8. The number of rotatable bonds is 9. The van der Waals surface area contributed by atoms with Gasteiger partial charge in [0, 0.05) is 25.5 Å². The third kappa shape index (κ3) is 5.27. The average Bonchev–Trinajstić information content (AvgIpc) is 3.26. The van der Waals surface area contributed by atoms with Crippen molar-refractivity contribution in [3.8, 4) is 0 Å². The van der Waals surface area contributed by atoms with E-state index in [4.69, 9.17) is 4.52 Å². The standard InChI is InChI=1S/C19H23N5O2/c1-2-7-17-22-19(26-23-17)11-6-10-18(25)21-16-12-20-24(14-16)13-15-8-4-3-5-9-15/h3-5,8-9,12,14H,2,6-7,10-11,13H2,1H3,(H,21,25). The maximum Gasteiger partial charge on any atom is 0.226 e. The highest BCUT2D eigenvalue weighted by Crippen LogP contribution is 2.10. The van der Waals surface area contributed by atoms with Crippen LogP contribution >= 0.6 is 0 Å². The lowest BCUT2D eigenvalue weighted by Gasteiger charge is -2.02. The zero-order valence-corrected chi connectivity index (χ0v) is 14.9. The SMILES string of the molecule is CCCc1noc(CCCC(=O)Nc2cnn(Cc3ccccc3)c2)n1. The zero-order valence-electron chi connectivity index (χ0n) is 14.9. The van der Waals surface area contributed by atoms with Gasteiger partial charge in [-0.1, -0.05) is 42.4 Å². The van der Waals surface area contributed by atoms with Crippen molar-refractivity contribution in [1.82, 2.24) is 19.9 Å². The Morgan fingerprint density at radius 2 is 2.08 bits per heavy atom. The summed E-state index contributed by atoms with van der Waals surface area (Å²) in [6, 6.07) is 10.1. The van der Waals surface area contributed by atoms with Crippen molar-refractivity contribution in [2.24, 2.45) is 0 Å². The number of anilines is 1. The largest absolute Gasteiger partial charge is 0.339 e. The number of hydrogen-bond donors (Lipinski definition) is 1. The van der Waals surface area contributed by atoms with E-state index in [9.17, 15) is 4.79 Å². The third-order valence-corrected chi connectivity index (χ3v) is 3.88. The topological polar surface area (TPSA) is 85.8 Å². The van der Waals surface area contributed by atoms with Crippen LogP contribution in [0.1, 0.15) is 43.5 Å². The highest BCUT2D eigenvalue weighted by molar-refractivity contribution is 5.90. The molecule has 2 heterocycles. The van der Waals surface area contributed by atoms with Crippen LogP contribution in [0.3, 0.4) is 0 Å². The molecule has 0 saturated heterocycles. The average molecular weight is 353 g/mol. The number of carbonyl (C=O) groups is 1. The first-order chi connectivity index (χ1) is 12.7. The fraction of sp³-hybridized carbons (Fsp3) is 0.368. The lowest BCUT2D eigenvalue weighted by molar-refractivity contribution is -0.116. The van der Waals surface area contributed by atoms with Crippen LogP contribution in [-0.4, -0.2) is 25.8 Å². The molecule has 0 saturated carbocycles. The van der Waals surface area contributed by atoms with Gasteiger partial charge in [0.15, 0.2) is 5.82 Å². The van der Waals surface area contributed by atoms with Crippen LogP contribution in [0.5, 0.6) is 0 Å². The second-order valence-corrected chi connectivity index (χ2v) is 6.17. The molecule has 0 atom stereocenters. The Morgan fingerprint density at radius 1 is 1.23 bits per heavy atom. The highest BCUT2D eigenvalue weighted by Gasteiger charge is 2.08. The van der Waals surface area contributed by atoms with Gasteiger partial charge in [0.1, 0.15) is 0 Å². The Morgan fingerprint density at radius 3 is 2.88 bits per heavy atom. The molecule has 3 rings (SSSR count). The molecule has 0 aliphatic rings. The van der Waals surface area contributed by atoms with Crippen LogP contribution < -0.4 is 5.32 Å². The van der Waals surface area contributed by atoms with Crippen molar-refractivity contribution in [1.29, 1.82) is 0 Å². The highest BCUT2D eigenvalue weighted by atomic mass is 16.5. The molecule has 0 aliphatic heterocycles.